The first-order chi connectivity index (χ1) is 3.38. The molecule has 2 atom stereocenters. The molecule has 0 amide bonds. The van der Waals surface area contributed by atoms with Gasteiger partial charge in [-0.15, -0.1) is 0 Å². The summed E-state index contributed by atoms with van der Waals surface area (Å²) in [4.78, 5) is 0. The summed E-state index contributed by atoms with van der Waals surface area (Å²) in [5, 5.41) is 16.5. The molecule has 7 heavy (non-hydrogen) atoms. The predicted octanol–water partition coefficient (Wildman–Crippen LogP) is -1.26. The van der Waals surface area contributed by atoms with E-state index in [-0.39, 0.29) is 25.4 Å². The smallest absolute Gasteiger partial charge is 0.110 e. The molecule has 0 aliphatic carbocycles. The van der Waals surface area contributed by atoms with Gasteiger partial charge in [-0.05, 0) is 0 Å². The second-order valence-corrected chi connectivity index (χ2v) is 1.58. The minimum Gasteiger partial charge on any atom is -0.394 e. The van der Waals surface area contributed by atoms with Gasteiger partial charge in [-0.3, -0.25) is 0 Å². The van der Waals surface area contributed by atoms with E-state index in [0.29, 0.717) is 0 Å². The molecule has 1 aliphatic rings. The Morgan fingerprint density at radius 3 is 1.71 bits per heavy atom. The molecule has 1 heterocycles. The van der Waals surface area contributed by atoms with Gasteiger partial charge in [0.2, 0.25) is 0 Å². The average Bonchev–Trinajstić information content (AvgIpc) is 2.43. The number of epoxide rings is 1. The van der Waals surface area contributed by atoms with Crippen LogP contribution in [0.4, 0.5) is 0 Å². The Kier molecular flexibility index (Phi) is 1.27. The van der Waals surface area contributed by atoms with Crippen LogP contribution in [0.3, 0.4) is 0 Å². The summed E-state index contributed by atoms with van der Waals surface area (Å²) < 4.78 is 4.72. The van der Waals surface area contributed by atoms with E-state index >= 15 is 0 Å². The van der Waals surface area contributed by atoms with Gasteiger partial charge in [0, 0.05) is 0 Å². The van der Waals surface area contributed by atoms with Gasteiger partial charge in [0.15, 0.2) is 0 Å². The van der Waals surface area contributed by atoms with Gasteiger partial charge < -0.3 is 14.9 Å². The van der Waals surface area contributed by atoms with E-state index in [1.165, 1.54) is 0 Å². The zero-order valence-electron chi connectivity index (χ0n) is 3.87. The molecule has 2 N–H and O–H groups in total. The Balaban J connectivity index is 2.06. The molecule has 0 spiro atoms. The van der Waals surface area contributed by atoms with Gasteiger partial charge in [0.25, 0.3) is 0 Å². The standard InChI is InChI=1S/C4H8O3/c5-1-3-4(2-6)7-3/h3-6H,1-2H2/t3-,4-/m1/s1. The Bertz CT molecular complexity index is 56.0. The Hall–Kier alpha value is -0.120. The van der Waals surface area contributed by atoms with E-state index in [1.54, 1.807) is 0 Å². The van der Waals surface area contributed by atoms with Crippen LogP contribution in [0.1, 0.15) is 0 Å². The highest BCUT2D eigenvalue weighted by Crippen LogP contribution is 2.19. The summed E-state index contributed by atoms with van der Waals surface area (Å²) in [7, 11) is 0. The van der Waals surface area contributed by atoms with Crippen LogP contribution in [-0.2, 0) is 4.74 Å². The van der Waals surface area contributed by atoms with Gasteiger partial charge >= 0.3 is 0 Å². The number of hydrogen-bond donors (Lipinski definition) is 2. The molecular weight excluding hydrogens is 96.0 g/mol. The van der Waals surface area contributed by atoms with Crippen molar-refractivity contribution in [2.75, 3.05) is 13.2 Å². The quantitative estimate of drug-likeness (QED) is 0.430. The molecule has 42 valence electrons. The Morgan fingerprint density at radius 1 is 1.14 bits per heavy atom. The summed E-state index contributed by atoms with van der Waals surface area (Å²) in [6.07, 6.45) is -0.157. The highest BCUT2D eigenvalue weighted by Gasteiger charge is 2.36. The maximum Gasteiger partial charge on any atom is 0.110 e. The number of aliphatic hydroxyl groups excluding tert-OH is 2. The molecule has 1 fully saturated rings. The molecule has 1 rings (SSSR count). The largest absolute Gasteiger partial charge is 0.394 e. The maximum atomic E-state index is 8.27. The lowest BCUT2D eigenvalue weighted by molar-refractivity contribution is 0.227. The third-order valence-electron chi connectivity index (χ3n) is 1.05. The Morgan fingerprint density at radius 2 is 1.57 bits per heavy atom. The van der Waals surface area contributed by atoms with E-state index in [2.05, 4.69) is 0 Å². The lowest BCUT2D eigenvalue weighted by atomic mass is 10.3. The van der Waals surface area contributed by atoms with E-state index < -0.39 is 0 Å². The van der Waals surface area contributed by atoms with Gasteiger partial charge in [0.1, 0.15) is 12.2 Å². The fraction of sp³-hybridized carbons (Fsp3) is 1.00. The van der Waals surface area contributed by atoms with Gasteiger partial charge in [0.05, 0.1) is 13.2 Å². The van der Waals surface area contributed by atoms with Gasteiger partial charge in [-0.1, -0.05) is 0 Å². The fourth-order valence-corrected chi connectivity index (χ4v) is 0.500. The van der Waals surface area contributed by atoms with Crippen molar-refractivity contribution >= 4 is 0 Å². The summed E-state index contributed by atoms with van der Waals surface area (Å²) in [5.74, 6) is 0. The van der Waals surface area contributed by atoms with Crippen LogP contribution in [0.15, 0.2) is 0 Å². The minimum atomic E-state index is -0.0787. The first kappa shape index (κ1) is 5.03. The number of hydrogen-bond acceptors (Lipinski definition) is 3. The molecule has 3 nitrogen and oxygen atoms in total. The predicted molar refractivity (Wildman–Crippen MR) is 22.8 cm³/mol. The van der Waals surface area contributed by atoms with Crippen LogP contribution in [0.25, 0.3) is 0 Å². The molecule has 0 aromatic carbocycles. The molecule has 3 heteroatoms. The highest BCUT2D eigenvalue weighted by atomic mass is 16.6. The first-order valence-corrected chi connectivity index (χ1v) is 2.25. The van der Waals surface area contributed by atoms with Crippen molar-refractivity contribution in [3.05, 3.63) is 0 Å². The number of aliphatic hydroxyl groups is 2. The van der Waals surface area contributed by atoms with Crippen molar-refractivity contribution in [2.45, 2.75) is 12.2 Å². The van der Waals surface area contributed by atoms with Crippen molar-refractivity contribution in [1.29, 1.82) is 0 Å². The van der Waals surface area contributed by atoms with Gasteiger partial charge in [-0.25, -0.2) is 0 Å². The van der Waals surface area contributed by atoms with Crippen LogP contribution < -0.4 is 0 Å². The Labute approximate surface area is 41.5 Å². The van der Waals surface area contributed by atoms with E-state index in [0.717, 1.165) is 0 Å². The van der Waals surface area contributed by atoms with E-state index in [1.807, 2.05) is 0 Å². The lowest BCUT2D eigenvalue weighted by Gasteiger charge is -1.78. The summed E-state index contributed by atoms with van der Waals surface area (Å²) in [6, 6.07) is 0. The highest BCUT2D eigenvalue weighted by molar-refractivity contribution is 4.82. The molecule has 0 aromatic heterocycles. The topological polar surface area (TPSA) is 53.0 Å². The second-order valence-electron chi connectivity index (χ2n) is 1.58. The first-order valence-electron chi connectivity index (χ1n) is 2.25. The molecular formula is C4H8O3. The van der Waals surface area contributed by atoms with Crippen LogP contribution in [0, 0.1) is 0 Å². The third kappa shape index (κ3) is 0.907. The summed E-state index contributed by atoms with van der Waals surface area (Å²) in [5.41, 5.74) is 0. The van der Waals surface area contributed by atoms with E-state index in [9.17, 15) is 0 Å². The second kappa shape index (κ2) is 1.78. The van der Waals surface area contributed by atoms with Crippen molar-refractivity contribution in [1.82, 2.24) is 0 Å². The maximum absolute atomic E-state index is 8.27. The molecule has 0 aromatic rings. The number of rotatable bonds is 2. The number of ether oxygens (including phenoxy) is 1. The third-order valence-corrected chi connectivity index (χ3v) is 1.05. The van der Waals surface area contributed by atoms with Crippen LogP contribution in [0.2, 0.25) is 0 Å². The van der Waals surface area contributed by atoms with E-state index in [4.69, 9.17) is 14.9 Å². The van der Waals surface area contributed by atoms with Gasteiger partial charge in [-0.2, -0.15) is 0 Å². The zero-order valence-corrected chi connectivity index (χ0v) is 3.87. The molecule has 0 radical (unpaired) electrons. The van der Waals surface area contributed by atoms with Crippen LogP contribution in [-0.4, -0.2) is 35.6 Å². The zero-order chi connectivity index (χ0) is 5.28. The molecule has 1 saturated heterocycles. The van der Waals surface area contributed by atoms with Crippen molar-refractivity contribution in [3.8, 4) is 0 Å². The van der Waals surface area contributed by atoms with Crippen molar-refractivity contribution < 1.29 is 14.9 Å². The van der Waals surface area contributed by atoms with Crippen LogP contribution in [0.5, 0.6) is 0 Å². The normalized spacial score (nSPS) is 38.6. The fourth-order valence-electron chi connectivity index (χ4n) is 0.500. The molecule has 0 saturated carbocycles. The molecule has 0 bridgehead atoms. The van der Waals surface area contributed by atoms with Crippen molar-refractivity contribution in [3.63, 3.8) is 0 Å². The monoisotopic (exact) mass is 104 g/mol. The minimum absolute atomic E-state index is 0.0330. The molecule has 1 aliphatic heterocycles. The average molecular weight is 104 g/mol. The lowest BCUT2D eigenvalue weighted by Crippen LogP contribution is -2.02. The van der Waals surface area contributed by atoms with Crippen LogP contribution >= 0.6 is 0 Å². The summed E-state index contributed by atoms with van der Waals surface area (Å²) >= 11 is 0. The molecule has 0 unspecified atom stereocenters. The summed E-state index contributed by atoms with van der Waals surface area (Å²) in [6.45, 7) is 0.0659. The van der Waals surface area contributed by atoms with Crippen molar-refractivity contribution in [2.24, 2.45) is 0 Å². The SMILES string of the molecule is OC[C@H]1O[C@@H]1CO.